The summed E-state index contributed by atoms with van der Waals surface area (Å²) in [6, 6.07) is 5.38. The predicted octanol–water partition coefficient (Wildman–Crippen LogP) is 4.11. The van der Waals surface area contributed by atoms with E-state index >= 15 is 0 Å². The molecule has 0 aliphatic heterocycles. The molecule has 92 valence electrons. The number of carbonyl (C=O) groups excluding carboxylic acids is 1. The molecule has 0 bridgehead atoms. The molecule has 0 N–H and O–H groups in total. The summed E-state index contributed by atoms with van der Waals surface area (Å²) in [5, 5.41) is 0.475. The summed E-state index contributed by atoms with van der Waals surface area (Å²) < 4.78 is 5.75. The fourth-order valence-corrected chi connectivity index (χ4v) is 1.82. The first kappa shape index (κ1) is 12.4. The third kappa shape index (κ3) is 2.81. The summed E-state index contributed by atoms with van der Waals surface area (Å²) in [6.07, 6.45) is 2.39. The first-order valence-corrected chi connectivity index (χ1v) is 6.27. The van der Waals surface area contributed by atoms with Crippen LogP contribution in [0.4, 0.5) is 0 Å². The van der Waals surface area contributed by atoms with Gasteiger partial charge in [0.1, 0.15) is 5.75 Å². The van der Waals surface area contributed by atoms with Gasteiger partial charge in [0.05, 0.1) is 16.7 Å². The number of rotatable bonds is 3. The molecule has 0 radical (unpaired) electrons. The molecule has 0 aromatic heterocycles. The van der Waals surface area contributed by atoms with Crippen LogP contribution < -0.4 is 4.74 Å². The smallest absolute Gasteiger partial charge is 0.173 e. The van der Waals surface area contributed by atoms with Gasteiger partial charge in [0.2, 0.25) is 0 Å². The number of hydrogen-bond donors (Lipinski definition) is 0. The zero-order valence-corrected chi connectivity index (χ0v) is 11.2. The Morgan fingerprint density at radius 2 is 2.00 bits per heavy atom. The quantitative estimate of drug-likeness (QED) is 0.757. The van der Waals surface area contributed by atoms with E-state index in [-0.39, 0.29) is 11.9 Å². The Hall–Kier alpha value is -1.02. The normalized spacial score (nSPS) is 15.8. The molecule has 1 fully saturated rings. The van der Waals surface area contributed by atoms with Crippen molar-refractivity contribution in [2.45, 2.75) is 39.7 Å². The van der Waals surface area contributed by atoms with Crippen LogP contribution in [0.25, 0.3) is 0 Å². The minimum absolute atomic E-state index is 0.0266. The van der Waals surface area contributed by atoms with Crippen molar-refractivity contribution in [2.24, 2.45) is 5.41 Å². The standard InChI is InChI=1S/C14H17ClO2/c1-14(2,3)13(16)12-10(15)5-4-6-11(12)17-9-7-8-9/h4-6,9H,7-8H2,1-3H3. The van der Waals surface area contributed by atoms with Gasteiger partial charge in [0, 0.05) is 5.41 Å². The van der Waals surface area contributed by atoms with Crippen LogP contribution in [-0.4, -0.2) is 11.9 Å². The minimum Gasteiger partial charge on any atom is -0.490 e. The largest absolute Gasteiger partial charge is 0.490 e. The van der Waals surface area contributed by atoms with Crippen LogP contribution in [0.2, 0.25) is 5.02 Å². The maximum absolute atomic E-state index is 12.3. The van der Waals surface area contributed by atoms with Crippen LogP contribution in [0, 0.1) is 5.41 Å². The van der Waals surface area contributed by atoms with Gasteiger partial charge in [-0.15, -0.1) is 0 Å². The lowest BCUT2D eigenvalue weighted by Crippen LogP contribution is -2.21. The number of benzene rings is 1. The Balaban J connectivity index is 2.39. The molecular formula is C14H17ClO2. The molecule has 0 spiro atoms. The van der Waals surface area contributed by atoms with E-state index in [2.05, 4.69) is 0 Å². The van der Waals surface area contributed by atoms with Gasteiger partial charge in [-0.25, -0.2) is 0 Å². The van der Waals surface area contributed by atoms with E-state index in [0.29, 0.717) is 16.3 Å². The number of ketones is 1. The SMILES string of the molecule is CC(C)(C)C(=O)c1c(Cl)cccc1OC1CC1. The van der Waals surface area contributed by atoms with E-state index in [1.165, 1.54) is 0 Å². The summed E-state index contributed by atoms with van der Waals surface area (Å²) in [4.78, 5) is 12.3. The fourth-order valence-electron chi connectivity index (χ4n) is 1.56. The van der Waals surface area contributed by atoms with Crippen LogP contribution in [-0.2, 0) is 0 Å². The number of halogens is 1. The fraction of sp³-hybridized carbons (Fsp3) is 0.500. The first-order chi connectivity index (χ1) is 7.89. The summed E-state index contributed by atoms with van der Waals surface area (Å²) in [5.41, 5.74) is 0.0701. The van der Waals surface area contributed by atoms with Crippen molar-refractivity contribution in [1.29, 1.82) is 0 Å². The number of hydrogen-bond acceptors (Lipinski definition) is 2. The Morgan fingerprint density at radius 3 is 2.53 bits per heavy atom. The molecule has 0 amide bonds. The van der Waals surface area contributed by atoms with Gasteiger partial charge in [-0.2, -0.15) is 0 Å². The molecule has 1 saturated carbocycles. The lowest BCUT2D eigenvalue weighted by Gasteiger charge is -2.20. The van der Waals surface area contributed by atoms with Crippen molar-refractivity contribution < 1.29 is 9.53 Å². The molecule has 0 heterocycles. The highest BCUT2D eigenvalue weighted by Crippen LogP contribution is 2.36. The number of carbonyl (C=O) groups is 1. The summed E-state index contributed by atoms with van der Waals surface area (Å²) in [6.45, 7) is 5.67. The third-order valence-electron chi connectivity index (χ3n) is 2.70. The molecule has 17 heavy (non-hydrogen) atoms. The Morgan fingerprint density at radius 1 is 1.35 bits per heavy atom. The van der Waals surface area contributed by atoms with Crippen molar-refractivity contribution in [3.63, 3.8) is 0 Å². The third-order valence-corrected chi connectivity index (χ3v) is 3.02. The van der Waals surface area contributed by atoms with E-state index in [1.54, 1.807) is 6.07 Å². The Bertz CT molecular complexity index is 442. The lowest BCUT2D eigenvalue weighted by molar-refractivity contribution is 0.0854. The van der Waals surface area contributed by atoms with Gasteiger partial charge in [0.25, 0.3) is 0 Å². The second-order valence-electron chi connectivity index (χ2n) is 5.51. The van der Waals surface area contributed by atoms with Crippen LogP contribution in [0.1, 0.15) is 44.0 Å². The summed E-state index contributed by atoms with van der Waals surface area (Å²) in [5.74, 6) is 0.652. The van der Waals surface area contributed by atoms with Crippen molar-refractivity contribution >= 4 is 17.4 Å². The van der Waals surface area contributed by atoms with Crippen molar-refractivity contribution in [3.05, 3.63) is 28.8 Å². The molecule has 0 saturated heterocycles. The highest BCUT2D eigenvalue weighted by molar-refractivity contribution is 6.34. The zero-order valence-electron chi connectivity index (χ0n) is 10.4. The number of ether oxygens (including phenoxy) is 1. The first-order valence-electron chi connectivity index (χ1n) is 5.89. The molecule has 0 unspecified atom stereocenters. The highest BCUT2D eigenvalue weighted by Gasteiger charge is 2.30. The van der Waals surface area contributed by atoms with Crippen molar-refractivity contribution in [3.8, 4) is 5.75 Å². The van der Waals surface area contributed by atoms with Gasteiger partial charge < -0.3 is 4.74 Å². The Labute approximate surface area is 107 Å². The monoisotopic (exact) mass is 252 g/mol. The Kier molecular flexibility index (Phi) is 3.17. The van der Waals surface area contributed by atoms with Gasteiger partial charge in [-0.1, -0.05) is 38.4 Å². The molecule has 1 aliphatic carbocycles. The topological polar surface area (TPSA) is 26.3 Å². The van der Waals surface area contributed by atoms with Crippen LogP contribution in [0.5, 0.6) is 5.75 Å². The molecule has 2 rings (SSSR count). The second kappa shape index (κ2) is 4.34. The van der Waals surface area contributed by atoms with Gasteiger partial charge in [-0.3, -0.25) is 4.79 Å². The van der Waals surface area contributed by atoms with Crippen LogP contribution in [0.3, 0.4) is 0 Å². The minimum atomic E-state index is -0.452. The molecule has 3 heteroatoms. The molecule has 2 nitrogen and oxygen atoms in total. The lowest BCUT2D eigenvalue weighted by atomic mass is 9.86. The van der Waals surface area contributed by atoms with Gasteiger partial charge in [0.15, 0.2) is 5.78 Å². The summed E-state index contributed by atoms with van der Waals surface area (Å²) >= 11 is 6.13. The van der Waals surface area contributed by atoms with Crippen LogP contribution in [0.15, 0.2) is 18.2 Å². The highest BCUT2D eigenvalue weighted by atomic mass is 35.5. The van der Waals surface area contributed by atoms with E-state index in [4.69, 9.17) is 16.3 Å². The van der Waals surface area contributed by atoms with Crippen molar-refractivity contribution in [1.82, 2.24) is 0 Å². The van der Waals surface area contributed by atoms with Gasteiger partial charge in [-0.05, 0) is 25.0 Å². The van der Waals surface area contributed by atoms with Crippen LogP contribution >= 0.6 is 11.6 Å². The average molecular weight is 253 g/mol. The molecule has 0 atom stereocenters. The zero-order chi connectivity index (χ0) is 12.6. The molecule has 1 aliphatic rings. The van der Waals surface area contributed by atoms with E-state index in [1.807, 2.05) is 32.9 Å². The summed E-state index contributed by atoms with van der Waals surface area (Å²) in [7, 11) is 0. The molecule has 1 aromatic rings. The average Bonchev–Trinajstić information content (AvgIpc) is 3.00. The molecular weight excluding hydrogens is 236 g/mol. The van der Waals surface area contributed by atoms with Gasteiger partial charge >= 0.3 is 0 Å². The van der Waals surface area contributed by atoms with E-state index in [9.17, 15) is 4.79 Å². The van der Waals surface area contributed by atoms with E-state index in [0.717, 1.165) is 12.8 Å². The van der Waals surface area contributed by atoms with Crippen molar-refractivity contribution in [2.75, 3.05) is 0 Å². The second-order valence-corrected chi connectivity index (χ2v) is 5.92. The maximum Gasteiger partial charge on any atom is 0.173 e. The maximum atomic E-state index is 12.3. The molecule has 1 aromatic carbocycles. The number of Topliss-reactive ketones (excluding diaryl/α,β-unsaturated/α-hetero) is 1. The van der Waals surface area contributed by atoms with E-state index < -0.39 is 5.41 Å². The predicted molar refractivity (Wildman–Crippen MR) is 68.9 cm³/mol.